The van der Waals surface area contributed by atoms with Crippen molar-refractivity contribution in [2.45, 2.75) is 74.6 Å². The molecule has 1 radical (unpaired) electrons. The number of aromatic nitrogens is 2. The second-order valence-electron chi connectivity index (χ2n) is 15.2. The Hall–Kier alpha value is -2.08. The van der Waals surface area contributed by atoms with Gasteiger partial charge in [-0.05, 0) is 0 Å². The van der Waals surface area contributed by atoms with E-state index in [1.807, 2.05) is 35.7 Å². The van der Waals surface area contributed by atoms with Crippen molar-refractivity contribution in [3.63, 3.8) is 0 Å². The van der Waals surface area contributed by atoms with Gasteiger partial charge in [0.25, 0.3) is 0 Å². The van der Waals surface area contributed by atoms with Crippen LogP contribution in [0.15, 0.2) is 85.2 Å². The molecule has 6 heteroatoms. The average molecular weight is 938 g/mol. The van der Waals surface area contributed by atoms with Crippen LogP contribution in [0.25, 0.3) is 42.7 Å². The molecule has 3 heterocycles. The van der Waals surface area contributed by atoms with Crippen LogP contribution in [-0.4, -0.2) is 36.5 Å². The van der Waals surface area contributed by atoms with E-state index in [2.05, 4.69) is 140 Å². The summed E-state index contributed by atoms with van der Waals surface area (Å²) in [4.78, 5) is 9.29. The maximum atomic E-state index is 4.70. The Kier molecular flexibility index (Phi) is 12.6. The summed E-state index contributed by atoms with van der Waals surface area (Å²) >= 11 is -1.78. The molecule has 0 atom stereocenters. The van der Waals surface area contributed by atoms with Gasteiger partial charge in [0.05, 0.1) is 0 Å². The molecule has 2 nitrogen and oxygen atoms in total. The first-order valence-electron chi connectivity index (χ1n) is 16.5. The standard InChI is InChI=1S/C23H24GeNS.C18H24GeN.Ir/c1-15(2)16-10-11-25-21(13-16)17-6-9-22-20(12-17)19-8-7-18(24(3,4)5)14-23(19)26-22;1-14(2)11-16-12-18(15-9-7-6-8-10-15)20-13-17(16)19(3,4)5;/h7-15H,1-5H3;6-9,12-14H,11H2,1-5H3;/q2*-1;. The van der Waals surface area contributed by atoms with Crippen molar-refractivity contribution in [3.05, 3.63) is 108 Å². The Morgan fingerprint density at radius 3 is 2.11 bits per heavy atom. The average Bonchev–Trinajstić information content (AvgIpc) is 3.38. The van der Waals surface area contributed by atoms with Gasteiger partial charge in [-0.1, -0.05) is 0 Å². The number of rotatable bonds is 7. The van der Waals surface area contributed by atoms with E-state index in [4.69, 9.17) is 4.98 Å². The number of pyridine rings is 2. The molecule has 0 spiro atoms. The normalized spacial score (nSPS) is 11.9. The predicted octanol–water partition coefficient (Wildman–Crippen LogP) is 10.9. The van der Waals surface area contributed by atoms with E-state index in [0.29, 0.717) is 11.8 Å². The summed E-state index contributed by atoms with van der Waals surface area (Å²) in [6.45, 7) is 9.01. The van der Waals surface area contributed by atoms with Gasteiger partial charge in [-0.25, -0.2) is 0 Å². The van der Waals surface area contributed by atoms with Crippen molar-refractivity contribution in [1.29, 1.82) is 0 Å². The molecule has 3 aromatic carbocycles. The minimum atomic E-state index is -1.86. The van der Waals surface area contributed by atoms with Crippen molar-refractivity contribution >= 4 is 66.8 Å². The molecule has 247 valence electrons. The zero-order chi connectivity index (χ0) is 33.2. The monoisotopic (exact) mass is 941 g/mol. The van der Waals surface area contributed by atoms with Crippen LogP contribution in [0.5, 0.6) is 0 Å². The summed E-state index contributed by atoms with van der Waals surface area (Å²) in [7, 11) is 0. The summed E-state index contributed by atoms with van der Waals surface area (Å²) in [5.41, 5.74) is 7.05. The maximum absolute atomic E-state index is 4.70. The molecule has 0 saturated carbocycles. The molecule has 0 bridgehead atoms. The van der Waals surface area contributed by atoms with Crippen LogP contribution in [0, 0.1) is 18.1 Å². The molecule has 0 amide bonds. The van der Waals surface area contributed by atoms with Gasteiger partial charge in [-0.3, -0.25) is 0 Å². The van der Waals surface area contributed by atoms with Gasteiger partial charge in [-0.2, -0.15) is 0 Å². The zero-order valence-corrected chi connectivity index (χ0v) is 37.0. The van der Waals surface area contributed by atoms with Gasteiger partial charge in [0.15, 0.2) is 0 Å². The largest absolute Gasteiger partial charge is 0 e. The Balaban J connectivity index is 0.000000216. The predicted molar refractivity (Wildman–Crippen MR) is 208 cm³/mol. The Labute approximate surface area is 305 Å². The third kappa shape index (κ3) is 9.33. The van der Waals surface area contributed by atoms with Crippen molar-refractivity contribution in [2.75, 3.05) is 0 Å². The molecule has 47 heavy (non-hydrogen) atoms. The molecule has 0 saturated heterocycles. The zero-order valence-electron chi connectivity index (χ0n) is 29.6. The van der Waals surface area contributed by atoms with E-state index in [0.717, 1.165) is 28.9 Å². The number of thiophene rings is 1. The molecule has 3 aromatic heterocycles. The first-order valence-corrected chi connectivity index (χ1v) is 32.0. The van der Waals surface area contributed by atoms with E-state index in [9.17, 15) is 0 Å². The van der Waals surface area contributed by atoms with Crippen LogP contribution in [-0.2, 0) is 26.5 Å². The molecule has 0 N–H and O–H groups in total. The van der Waals surface area contributed by atoms with Crippen molar-refractivity contribution in [3.8, 4) is 22.5 Å². The van der Waals surface area contributed by atoms with Gasteiger partial charge >= 0.3 is 288 Å². The fourth-order valence-electron chi connectivity index (χ4n) is 5.77. The second-order valence-corrected chi connectivity index (χ2v) is 37.5. The first-order chi connectivity index (χ1) is 21.7. The van der Waals surface area contributed by atoms with E-state index in [1.165, 1.54) is 31.3 Å². The molecular formula is C41H48Ge2IrN2S-2. The van der Waals surface area contributed by atoms with E-state index in [-0.39, 0.29) is 20.1 Å². The number of hydrogen-bond acceptors (Lipinski definition) is 3. The number of benzene rings is 3. The fraction of sp³-hybridized carbons (Fsp3) is 0.317. The summed E-state index contributed by atoms with van der Waals surface area (Å²) < 4.78 is 5.81. The molecule has 0 aliphatic carbocycles. The molecule has 6 aromatic rings. The van der Waals surface area contributed by atoms with Crippen LogP contribution in [0.3, 0.4) is 0 Å². The van der Waals surface area contributed by atoms with Crippen LogP contribution in [0.1, 0.15) is 44.7 Å². The number of fused-ring (bicyclic) bond motifs is 3. The molecule has 0 aliphatic heterocycles. The Bertz CT molecular complexity index is 1950. The van der Waals surface area contributed by atoms with Crippen LogP contribution in [0.4, 0.5) is 0 Å². The van der Waals surface area contributed by atoms with Gasteiger partial charge < -0.3 is 0 Å². The van der Waals surface area contributed by atoms with E-state index >= 15 is 0 Å². The minimum absolute atomic E-state index is 0. The van der Waals surface area contributed by atoms with Gasteiger partial charge in [-0.15, -0.1) is 0 Å². The molecule has 0 aliphatic rings. The molecule has 0 unspecified atom stereocenters. The Morgan fingerprint density at radius 2 is 1.47 bits per heavy atom. The Morgan fingerprint density at radius 1 is 0.723 bits per heavy atom. The first kappa shape index (κ1) is 37.7. The number of hydrogen-bond donors (Lipinski definition) is 0. The molecule has 6 rings (SSSR count). The summed E-state index contributed by atoms with van der Waals surface area (Å²) in [5.74, 6) is 15.9. The summed E-state index contributed by atoms with van der Waals surface area (Å²) in [6.07, 6.45) is 5.18. The van der Waals surface area contributed by atoms with Gasteiger partial charge in [0, 0.05) is 20.1 Å². The van der Waals surface area contributed by atoms with Gasteiger partial charge in [0.1, 0.15) is 0 Å². The van der Waals surface area contributed by atoms with Gasteiger partial charge in [0.2, 0.25) is 0 Å². The third-order valence-corrected chi connectivity index (χ3v) is 18.1. The van der Waals surface area contributed by atoms with Crippen LogP contribution in [0.2, 0.25) is 34.5 Å². The smallest absolute Gasteiger partial charge is 0 e. The fourth-order valence-corrected chi connectivity index (χ4v) is 12.9. The van der Waals surface area contributed by atoms with Crippen molar-refractivity contribution < 1.29 is 20.1 Å². The second kappa shape index (κ2) is 15.6. The van der Waals surface area contributed by atoms with Crippen molar-refractivity contribution in [2.24, 2.45) is 5.92 Å². The SMILES string of the molecule is CC(C)Cc1cc(-c2[c-]cccc2)nc[c]1[Ge]([CH3])([CH3])[CH3].CC(C)c1ccnc(-c2[c-]cc3sc4c[c]([Ge]([CH3])([CH3])[CH3])ccc4c3c2)c1.[Ir]. The van der Waals surface area contributed by atoms with Crippen LogP contribution < -0.4 is 8.79 Å². The summed E-state index contributed by atoms with van der Waals surface area (Å²) in [5, 5.41) is 2.68. The quantitative estimate of drug-likeness (QED) is 0.118. The minimum Gasteiger partial charge on any atom is 0 e. The molecular weight excluding hydrogens is 890 g/mol. The van der Waals surface area contributed by atoms with E-state index in [1.54, 1.807) is 8.79 Å². The molecule has 0 fully saturated rings. The third-order valence-electron chi connectivity index (χ3n) is 8.41. The topological polar surface area (TPSA) is 25.8 Å². The van der Waals surface area contributed by atoms with Crippen LogP contribution >= 0.6 is 11.3 Å². The van der Waals surface area contributed by atoms with Crippen molar-refractivity contribution in [1.82, 2.24) is 9.97 Å². The maximum Gasteiger partial charge on any atom is 0 e. The summed E-state index contributed by atoms with van der Waals surface area (Å²) in [6, 6.07) is 32.9. The van der Waals surface area contributed by atoms with E-state index < -0.39 is 26.5 Å². The number of nitrogens with zero attached hydrogens (tertiary/aromatic N) is 2.